The van der Waals surface area contributed by atoms with Crippen LogP contribution in [-0.4, -0.2) is 11.9 Å². The predicted octanol–water partition coefficient (Wildman–Crippen LogP) is 1.70. The number of hydrogen-bond donors (Lipinski definition) is 1. The second-order valence-electron chi connectivity index (χ2n) is 4.19. The quantitative estimate of drug-likeness (QED) is 0.632. The first-order valence-corrected chi connectivity index (χ1v) is 5.06. The van der Waals surface area contributed by atoms with Crippen LogP contribution in [0, 0.1) is 11.8 Å². The molecule has 0 spiro atoms. The van der Waals surface area contributed by atoms with Gasteiger partial charge in [0.15, 0.2) is 0 Å². The fourth-order valence-electron chi connectivity index (χ4n) is 2.62. The smallest absolute Gasteiger partial charge is 0.217 e. The van der Waals surface area contributed by atoms with Crippen LogP contribution in [0.1, 0.15) is 39.0 Å². The van der Waals surface area contributed by atoms with Crippen molar-refractivity contribution in [3.05, 3.63) is 0 Å². The summed E-state index contributed by atoms with van der Waals surface area (Å²) in [6.45, 7) is 1.62. The molecule has 0 saturated heterocycles. The first-order chi connectivity index (χ1) is 5.79. The number of carbonyl (C=O) groups excluding carboxylic acids is 1. The zero-order valence-electron chi connectivity index (χ0n) is 7.68. The lowest BCUT2D eigenvalue weighted by molar-refractivity contribution is -0.119. The van der Waals surface area contributed by atoms with Crippen molar-refractivity contribution >= 4 is 5.91 Å². The average molecular weight is 167 g/mol. The predicted molar refractivity (Wildman–Crippen MR) is 47.7 cm³/mol. The van der Waals surface area contributed by atoms with Crippen LogP contribution in [0.2, 0.25) is 0 Å². The van der Waals surface area contributed by atoms with E-state index in [1.807, 2.05) is 0 Å². The minimum Gasteiger partial charge on any atom is -0.353 e. The molecule has 0 heterocycles. The van der Waals surface area contributed by atoms with Gasteiger partial charge in [-0.15, -0.1) is 0 Å². The minimum atomic E-state index is 0.146. The Hall–Kier alpha value is -0.530. The van der Waals surface area contributed by atoms with Crippen molar-refractivity contribution in [3.63, 3.8) is 0 Å². The summed E-state index contributed by atoms with van der Waals surface area (Å²) >= 11 is 0. The highest BCUT2D eigenvalue weighted by Crippen LogP contribution is 2.48. The molecular weight excluding hydrogens is 150 g/mol. The van der Waals surface area contributed by atoms with Crippen LogP contribution in [-0.2, 0) is 4.79 Å². The van der Waals surface area contributed by atoms with Gasteiger partial charge in [-0.2, -0.15) is 0 Å². The number of amides is 1. The van der Waals surface area contributed by atoms with Gasteiger partial charge in [-0.25, -0.2) is 0 Å². The van der Waals surface area contributed by atoms with Crippen molar-refractivity contribution < 1.29 is 4.79 Å². The van der Waals surface area contributed by atoms with Crippen LogP contribution in [0.4, 0.5) is 0 Å². The van der Waals surface area contributed by atoms with Crippen LogP contribution in [0.3, 0.4) is 0 Å². The average Bonchev–Trinajstić information content (AvgIpc) is 2.66. The molecule has 0 bridgehead atoms. The highest BCUT2D eigenvalue weighted by atomic mass is 16.1. The Morgan fingerprint density at radius 3 is 2.25 bits per heavy atom. The fraction of sp³-hybridized carbons (Fsp3) is 0.900. The van der Waals surface area contributed by atoms with Gasteiger partial charge in [0.2, 0.25) is 5.91 Å². The molecule has 2 saturated carbocycles. The van der Waals surface area contributed by atoms with Gasteiger partial charge < -0.3 is 5.32 Å². The summed E-state index contributed by atoms with van der Waals surface area (Å²) < 4.78 is 0. The number of nitrogens with one attached hydrogen (secondary N) is 1. The SMILES string of the molecule is CC(=O)NC1C2CCCCCC21. The van der Waals surface area contributed by atoms with Gasteiger partial charge in [-0.05, 0) is 24.7 Å². The molecule has 2 heteroatoms. The molecule has 1 N–H and O–H groups in total. The second kappa shape index (κ2) is 3.08. The molecule has 2 unspecified atom stereocenters. The van der Waals surface area contributed by atoms with Crippen molar-refractivity contribution in [2.75, 3.05) is 0 Å². The molecule has 0 aromatic heterocycles. The summed E-state index contributed by atoms with van der Waals surface area (Å²) in [5.41, 5.74) is 0. The molecule has 68 valence electrons. The molecule has 0 aromatic carbocycles. The molecular formula is C10H17NO. The third-order valence-electron chi connectivity index (χ3n) is 3.28. The van der Waals surface area contributed by atoms with Crippen LogP contribution in [0.15, 0.2) is 0 Å². The molecule has 2 nitrogen and oxygen atoms in total. The maximum Gasteiger partial charge on any atom is 0.217 e. The zero-order chi connectivity index (χ0) is 8.55. The van der Waals surface area contributed by atoms with Crippen LogP contribution in [0.5, 0.6) is 0 Å². The van der Waals surface area contributed by atoms with E-state index in [-0.39, 0.29) is 5.91 Å². The van der Waals surface area contributed by atoms with E-state index in [2.05, 4.69) is 5.32 Å². The van der Waals surface area contributed by atoms with E-state index in [1.54, 1.807) is 6.92 Å². The topological polar surface area (TPSA) is 29.1 Å². The zero-order valence-corrected chi connectivity index (χ0v) is 7.68. The summed E-state index contributed by atoms with van der Waals surface area (Å²) in [4.78, 5) is 10.8. The third-order valence-corrected chi connectivity index (χ3v) is 3.28. The van der Waals surface area contributed by atoms with Crippen LogP contribution >= 0.6 is 0 Å². The van der Waals surface area contributed by atoms with Gasteiger partial charge in [-0.1, -0.05) is 19.3 Å². The normalized spacial score (nSPS) is 39.6. The lowest BCUT2D eigenvalue weighted by Gasteiger charge is -2.02. The lowest BCUT2D eigenvalue weighted by atomic mass is 10.1. The monoisotopic (exact) mass is 167 g/mol. The van der Waals surface area contributed by atoms with E-state index in [1.165, 1.54) is 32.1 Å². The number of hydrogen-bond acceptors (Lipinski definition) is 1. The summed E-state index contributed by atoms with van der Waals surface area (Å²) in [6, 6.07) is 0.544. The summed E-state index contributed by atoms with van der Waals surface area (Å²) in [7, 11) is 0. The van der Waals surface area contributed by atoms with Gasteiger partial charge in [0.05, 0.1) is 0 Å². The Kier molecular flexibility index (Phi) is 2.07. The molecule has 2 aliphatic carbocycles. The fourth-order valence-corrected chi connectivity index (χ4v) is 2.62. The first-order valence-electron chi connectivity index (χ1n) is 5.06. The maximum absolute atomic E-state index is 10.8. The molecule has 2 aliphatic rings. The molecule has 2 rings (SSSR count). The highest BCUT2D eigenvalue weighted by Gasteiger charge is 2.49. The van der Waals surface area contributed by atoms with Crippen molar-refractivity contribution in [1.82, 2.24) is 5.32 Å². The Morgan fingerprint density at radius 2 is 1.75 bits per heavy atom. The minimum absolute atomic E-state index is 0.146. The molecule has 0 radical (unpaired) electrons. The Bertz CT molecular complexity index is 178. The maximum atomic E-state index is 10.8. The third kappa shape index (κ3) is 1.47. The molecule has 0 aromatic rings. The molecule has 12 heavy (non-hydrogen) atoms. The lowest BCUT2D eigenvalue weighted by Crippen LogP contribution is -2.25. The standard InChI is InChI=1S/C10H17NO/c1-7(12)11-10-8-5-3-2-4-6-9(8)10/h8-10H,2-6H2,1H3,(H,11,12). The van der Waals surface area contributed by atoms with E-state index in [0.717, 1.165) is 11.8 Å². The number of fused-ring (bicyclic) bond motifs is 1. The van der Waals surface area contributed by atoms with E-state index in [9.17, 15) is 4.79 Å². The van der Waals surface area contributed by atoms with Gasteiger partial charge >= 0.3 is 0 Å². The molecule has 0 aliphatic heterocycles. The largest absolute Gasteiger partial charge is 0.353 e. The van der Waals surface area contributed by atoms with E-state index in [4.69, 9.17) is 0 Å². The van der Waals surface area contributed by atoms with Crippen molar-refractivity contribution in [2.45, 2.75) is 45.1 Å². The second-order valence-corrected chi connectivity index (χ2v) is 4.19. The van der Waals surface area contributed by atoms with Gasteiger partial charge in [0.1, 0.15) is 0 Å². The van der Waals surface area contributed by atoms with Crippen LogP contribution < -0.4 is 5.32 Å². The summed E-state index contributed by atoms with van der Waals surface area (Å²) in [5.74, 6) is 1.81. The number of carbonyl (C=O) groups is 1. The number of rotatable bonds is 1. The van der Waals surface area contributed by atoms with Gasteiger partial charge in [0.25, 0.3) is 0 Å². The van der Waals surface area contributed by atoms with Gasteiger partial charge in [-0.3, -0.25) is 4.79 Å². The molecule has 2 atom stereocenters. The van der Waals surface area contributed by atoms with Crippen LogP contribution in [0.25, 0.3) is 0 Å². The van der Waals surface area contributed by atoms with Crippen molar-refractivity contribution in [1.29, 1.82) is 0 Å². The molecule has 2 fully saturated rings. The highest BCUT2D eigenvalue weighted by molar-refractivity contribution is 5.73. The Balaban J connectivity index is 1.85. The van der Waals surface area contributed by atoms with Crippen molar-refractivity contribution in [2.24, 2.45) is 11.8 Å². The Labute approximate surface area is 73.7 Å². The summed E-state index contributed by atoms with van der Waals surface area (Å²) in [5, 5.41) is 3.05. The molecule has 1 amide bonds. The Morgan fingerprint density at radius 1 is 1.17 bits per heavy atom. The van der Waals surface area contributed by atoms with Gasteiger partial charge in [0, 0.05) is 13.0 Å². The van der Waals surface area contributed by atoms with Crippen molar-refractivity contribution in [3.8, 4) is 0 Å². The first kappa shape index (κ1) is 8.09. The summed E-state index contributed by atoms with van der Waals surface area (Å²) in [6.07, 6.45) is 6.83. The van der Waals surface area contributed by atoms with E-state index < -0.39 is 0 Å². The van der Waals surface area contributed by atoms with E-state index in [0.29, 0.717) is 6.04 Å². The van der Waals surface area contributed by atoms with E-state index >= 15 is 0 Å².